The highest BCUT2D eigenvalue weighted by Crippen LogP contribution is 2.23. The van der Waals surface area contributed by atoms with Crippen molar-refractivity contribution in [2.75, 3.05) is 23.4 Å². The minimum atomic E-state index is -0.132. The molecule has 2 heterocycles. The fraction of sp³-hybridized carbons (Fsp3) is 0.500. The van der Waals surface area contributed by atoms with Crippen LogP contribution in [0.25, 0.3) is 5.57 Å². The molecule has 0 aliphatic carbocycles. The van der Waals surface area contributed by atoms with Crippen molar-refractivity contribution in [3.63, 3.8) is 0 Å². The van der Waals surface area contributed by atoms with Crippen LogP contribution in [0.4, 0.5) is 11.6 Å². The summed E-state index contributed by atoms with van der Waals surface area (Å²) in [6, 6.07) is 5.30. The largest absolute Gasteiger partial charge is 0.404 e. The number of rotatable bonds is 10. The van der Waals surface area contributed by atoms with Gasteiger partial charge in [0.05, 0.1) is 0 Å². The van der Waals surface area contributed by atoms with E-state index in [1.54, 1.807) is 12.3 Å². The third-order valence-electron chi connectivity index (χ3n) is 4.62. The SMILES string of the molecule is CC.CC/C(=C/N)c1nc(NCc2ccc(=O)[nH]c2)cc(N(CC)C(C)CCO)n1. The molecule has 0 bridgehead atoms. The molecule has 30 heavy (non-hydrogen) atoms. The zero-order valence-electron chi connectivity index (χ0n) is 18.8. The van der Waals surface area contributed by atoms with Crippen molar-refractivity contribution in [2.24, 2.45) is 5.73 Å². The molecule has 0 aliphatic rings. The average Bonchev–Trinajstić information content (AvgIpc) is 2.76. The third kappa shape index (κ3) is 7.18. The molecule has 8 nitrogen and oxygen atoms in total. The number of hydrogen-bond donors (Lipinski definition) is 4. The number of nitrogens with zero attached hydrogens (tertiary/aromatic N) is 3. The Kier molecular flexibility index (Phi) is 11.2. The van der Waals surface area contributed by atoms with Gasteiger partial charge in [-0.05, 0) is 32.3 Å². The lowest BCUT2D eigenvalue weighted by Gasteiger charge is -2.29. The lowest BCUT2D eigenvalue weighted by Crippen LogP contribution is -2.34. The summed E-state index contributed by atoms with van der Waals surface area (Å²) in [6.07, 6.45) is 4.59. The molecule has 0 saturated carbocycles. The topological polar surface area (TPSA) is 120 Å². The number of pyridine rings is 1. The van der Waals surface area contributed by atoms with Gasteiger partial charge in [-0.25, -0.2) is 9.97 Å². The second-order valence-corrected chi connectivity index (χ2v) is 6.54. The molecule has 0 saturated heterocycles. The van der Waals surface area contributed by atoms with Crippen molar-refractivity contribution in [3.05, 3.63) is 52.3 Å². The van der Waals surface area contributed by atoms with Gasteiger partial charge in [-0.3, -0.25) is 4.79 Å². The van der Waals surface area contributed by atoms with E-state index in [-0.39, 0.29) is 18.2 Å². The van der Waals surface area contributed by atoms with E-state index in [1.165, 1.54) is 12.3 Å². The molecule has 1 unspecified atom stereocenters. The minimum Gasteiger partial charge on any atom is -0.404 e. The molecule has 2 aromatic rings. The smallest absolute Gasteiger partial charge is 0.247 e. The molecule has 0 amide bonds. The number of allylic oxidation sites excluding steroid dienone is 1. The molecular formula is C22H36N6O2. The number of aromatic amines is 1. The molecule has 2 rings (SSSR count). The first kappa shape index (κ1) is 25.2. The van der Waals surface area contributed by atoms with Crippen LogP contribution in [0.5, 0.6) is 0 Å². The highest BCUT2D eigenvalue weighted by molar-refractivity contribution is 5.63. The van der Waals surface area contributed by atoms with E-state index in [0.717, 1.165) is 29.9 Å². The number of anilines is 2. The maximum Gasteiger partial charge on any atom is 0.247 e. The van der Waals surface area contributed by atoms with Crippen LogP contribution in [0.15, 0.2) is 35.4 Å². The van der Waals surface area contributed by atoms with Gasteiger partial charge in [0, 0.05) is 55.8 Å². The Hall–Kier alpha value is -2.87. The van der Waals surface area contributed by atoms with Crippen LogP contribution >= 0.6 is 0 Å². The summed E-state index contributed by atoms with van der Waals surface area (Å²) in [5.74, 6) is 2.04. The quantitative estimate of drug-likeness (QED) is 0.470. The van der Waals surface area contributed by atoms with Gasteiger partial charge >= 0.3 is 0 Å². The summed E-state index contributed by atoms with van der Waals surface area (Å²) in [5, 5.41) is 12.6. The lowest BCUT2D eigenvalue weighted by atomic mass is 10.2. The first-order valence-electron chi connectivity index (χ1n) is 10.6. The maximum atomic E-state index is 11.2. The number of aliphatic hydroxyl groups is 1. The molecule has 166 valence electrons. The Balaban J connectivity index is 0.00000218. The summed E-state index contributed by atoms with van der Waals surface area (Å²) in [7, 11) is 0. The highest BCUT2D eigenvalue weighted by atomic mass is 16.3. The van der Waals surface area contributed by atoms with Crippen molar-refractivity contribution >= 4 is 17.2 Å². The number of aromatic nitrogens is 3. The van der Waals surface area contributed by atoms with Crippen LogP contribution in [-0.4, -0.2) is 39.3 Å². The summed E-state index contributed by atoms with van der Waals surface area (Å²) in [6.45, 7) is 11.5. The van der Waals surface area contributed by atoms with E-state index in [4.69, 9.17) is 10.7 Å². The Morgan fingerprint density at radius 2 is 2.07 bits per heavy atom. The van der Waals surface area contributed by atoms with Crippen molar-refractivity contribution in [1.29, 1.82) is 0 Å². The molecule has 0 fully saturated rings. The Labute approximate surface area is 179 Å². The first-order valence-corrected chi connectivity index (χ1v) is 10.6. The Morgan fingerprint density at radius 1 is 1.33 bits per heavy atom. The second kappa shape index (κ2) is 13.4. The predicted molar refractivity (Wildman–Crippen MR) is 124 cm³/mol. The predicted octanol–water partition coefficient (Wildman–Crippen LogP) is 3.11. The molecule has 0 spiro atoms. The van der Waals surface area contributed by atoms with E-state index >= 15 is 0 Å². The zero-order chi connectivity index (χ0) is 22.5. The van der Waals surface area contributed by atoms with Gasteiger partial charge in [0.25, 0.3) is 0 Å². The van der Waals surface area contributed by atoms with Gasteiger partial charge in [-0.2, -0.15) is 0 Å². The van der Waals surface area contributed by atoms with E-state index in [1.807, 2.05) is 26.8 Å². The highest BCUT2D eigenvalue weighted by Gasteiger charge is 2.17. The number of hydrogen-bond acceptors (Lipinski definition) is 7. The summed E-state index contributed by atoms with van der Waals surface area (Å²) >= 11 is 0. The molecule has 8 heteroatoms. The normalized spacial score (nSPS) is 12.0. The summed E-state index contributed by atoms with van der Waals surface area (Å²) in [4.78, 5) is 25.3. The van der Waals surface area contributed by atoms with Crippen molar-refractivity contribution in [3.8, 4) is 0 Å². The number of H-pyrrole nitrogens is 1. The van der Waals surface area contributed by atoms with Crippen LogP contribution in [0.3, 0.4) is 0 Å². The zero-order valence-corrected chi connectivity index (χ0v) is 18.8. The third-order valence-corrected chi connectivity index (χ3v) is 4.62. The van der Waals surface area contributed by atoms with Gasteiger partial charge in [-0.1, -0.05) is 26.8 Å². The first-order chi connectivity index (χ1) is 14.5. The molecular weight excluding hydrogens is 380 g/mol. The van der Waals surface area contributed by atoms with Crippen LogP contribution in [0.1, 0.15) is 58.8 Å². The van der Waals surface area contributed by atoms with Gasteiger partial charge in [0.15, 0.2) is 5.82 Å². The van der Waals surface area contributed by atoms with Gasteiger partial charge in [0.1, 0.15) is 11.6 Å². The van der Waals surface area contributed by atoms with Crippen LogP contribution in [-0.2, 0) is 6.54 Å². The van der Waals surface area contributed by atoms with Gasteiger partial charge < -0.3 is 26.0 Å². The molecule has 2 aromatic heterocycles. The molecule has 1 atom stereocenters. The fourth-order valence-electron chi connectivity index (χ4n) is 2.95. The Bertz CT molecular complexity index is 829. The summed E-state index contributed by atoms with van der Waals surface area (Å²) < 4.78 is 0. The summed E-state index contributed by atoms with van der Waals surface area (Å²) in [5.41, 5.74) is 7.43. The van der Waals surface area contributed by atoms with Crippen LogP contribution in [0, 0.1) is 0 Å². The van der Waals surface area contributed by atoms with E-state index in [2.05, 4.69) is 34.0 Å². The molecule has 0 radical (unpaired) electrons. The monoisotopic (exact) mass is 416 g/mol. The van der Waals surface area contributed by atoms with Crippen molar-refractivity contribution in [1.82, 2.24) is 15.0 Å². The van der Waals surface area contributed by atoms with Crippen molar-refractivity contribution in [2.45, 2.75) is 60.0 Å². The maximum absolute atomic E-state index is 11.2. The Morgan fingerprint density at radius 3 is 2.60 bits per heavy atom. The minimum absolute atomic E-state index is 0.121. The fourth-order valence-corrected chi connectivity index (χ4v) is 2.95. The molecule has 5 N–H and O–H groups in total. The second-order valence-electron chi connectivity index (χ2n) is 6.54. The van der Waals surface area contributed by atoms with Gasteiger partial charge in [-0.15, -0.1) is 0 Å². The lowest BCUT2D eigenvalue weighted by molar-refractivity contribution is 0.276. The van der Waals surface area contributed by atoms with Crippen LogP contribution < -0.4 is 21.5 Å². The van der Waals surface area contributed by atoms with Crippen molar-refractivity contribution < 1.29 is 5.11 Å². The molecule has 0 aliphatic heterocycles. The number of nitrogens with two attached hydrogens (primary N) is 1. The number of aliphatic hydroxyl groups excluding tert-OH is 1. The van der Waals surface area contributed by atoms with E-state index in [0.29, 0.717) is 24.6 Å². The van der Waals surface area contributed by atoms with E-state index in [9.17, 15) is 9.90 Å². The number of nitrogens with one attached hydrogen (secondary N) is 2. The molecule has 0 aromatic carbocycles. The van der Waals surface area contributed by atoms with E-state index < -0.39 is 0 Å². The van der Waals surface area contributed by atoms with Crippen LogP contribution in [0.2, 0.25) is 0 Å². The standard InChI is InChI=1S/C20H30N6O2.C2H6/c1-4-16(11-21)20-24-17(22-12-15-6-7-19(28)23-13-15)10-18(25-20)26(5-2)14(3)8-9-27;1-2/h6-7,10-11,13-14,27H,4-5,8-9,12,21H2,1-3H3,(H,23,28)(H,22,24,25);1-2H3/b16-11-;. The van der Waals surface area contributed by atoms with Gasteiger partial charge in [0.2, 0.25) is 5.56 Å². The average molecular weight is 417 g/mol.